The van der Waals surface area contributed by atoms with E-state index in [0.717, 1.165) is 75.9 Å². The second-order valence-corrected chi connectivity index (χ2v) is 7.03. The normalized spacial score (nSPS) is 22.8. The molecule has 134 valence electrons. The number of hydrogen-bond acceptors (Lipinski definition) is 4. The number of carbonyl (C=O) groups excluding carboxylic acids is 1. The fraction of sp³-hybridized carbons (Fsp3) is 0.778. The highest BCUT2D eigenvalue weighted by molar-refractivity contribution is 5.96. The zero-order valence-electron chi connectivity index (χ0n) is 15.3. The molecule has 0 aliphatic carbocycles. The quantitative estimate of drug-likeness (QED) is 0.841. The molecule has 0 saturated carbocycles. The summed E-state index contributed by atoms with van der Waals surface area (Å²) in [6.45, 7) is 13.4. The van der Waals surface area contributed by atoms with E-state index in [4.69, 9.17) is 4.74 Å². The summed E-state index contributed by atoms with van der Waals surface area (Å²) < 4.78 is 7.36. The Hall–Kier alpha value is -1.40. The van der Waals surface area contributed by atoms with Crippen LogP contribution in [0.3, 0.4) is 0 Å². The molecule has 3 rings (SSSR count). The Morgan fingerprint density at radius 3 is 2.67 bits per heavy atom. The second-order valence-electron chi connectivity index (χ2n) is 7.03. The van der Waals surface area contributed by atoms with Crippen LogP contribution in [-0.4, -0.2) is 71.4 Å². The van der Waals surface area contributed by atoms with Crippen molar-refractivity contribution < 1.29 is 9.53 Å². The first-order valence-corrected chi connectivity index (χ1v) is 9.23. The van der Waals surface area contributed by atoms with Gasteiger partial charge in [-0.3, -0.25) is 14.4 Å². The minimum absolute atomic E-state index is 0.163. The van der Waals surface area contributed by atoms with Crippen molar-refractivity contribution in [2.75, 3.05) is 45.9 Å². The van der Waals surface area contributed by atoms with E-state index in [2.05, 4.69) is 16.9 Å². The Bertz CT molecular complexity index is 578. The van der Waals surface area contributed by atoms with Crippen LogP contribution >= 0.6 is 0 Å². The Morgan fingerprint density at radius 2 is 2.00 bits per heavy atom. The summed E-state index contributed by atoms with van der Waals surface area (Å²) in [5.74, 6) is 0.735. The summed E-state index contributed by atoms with van der Waals surface area (Å²) in [7, 11) is 0. The minimum Gasteiger partial charge on any atom is -0.379 e. The zero-order valence-corrected chi connectivity index (χ0v) is 15.3. The van der Waals surface area contributed by atoms with E-state index in [1.165, 1.54) is 6.42 Å². The standard InChI is InChI=1S/C18H30N4O2/c1-4-22-15(3)17(14(2)19-22)18(23)21-7-5-6-16(13-21)12-20-8-10-24-11-9-20/h16H,4-13H2,1-3H3. The number of likely N-dealkylation sites (tertiary alicyclic amines) is 1. The van der Waals surface area contributed by atoms with Gasteiger partial charge in [0.25, 0.3) is 5.91 Å². The summed E-state index contributed by atoms with van der Waals surface area (Å²) in [6.07, 6.45) is 2.31. The molecule has 0 spiro atoms. The molecule has 0 N–H and O–H groups in total. The van der Waals surface area contributed by atoms with Crippen LogP contribution in [-0.2, 0) is 11.3 Å². The fourth-order valence-corrected chi connectivity index (χ4v) is 4.02. The van der Waals surface area contributed by atoms with E-state index in [-0.39, 0.29) is 5.91 Å². The molecular weight excluding hydrogens is 304 g/mol. The van der Waals surface area contributed by atoms with E-state index < -0.39 is 0 Å². The lowest BCUT2D eigenvalue weighted by molar-refractivity contribution is 0.0223. The van der Waals surface area contributed by atoms with E-state index in [1.54, 1.807) is 0 Å². The highest BCUT2D eigenvalue weighted by Gasteiger charge is 2.29. The van der Waals surface area contributed by atoms with Gasteiger partial charge in [-0.1, -0.05) is 0 Å². The van der Waals surface area contributed by atoms with E-state index >= 15 is 0 Å². The van der Waals surface area contributed by atoms with E-state index in [1.807, 2.05) is 23.4 Å². The van der Waals surface area contributed by atoms with Crippen LogP contribution in [0.25, 0.3) is 0 Å². The number of nitrogens with zero attached hydrogens (tertiary/aromatic N) is 4. The maximum Gasteiger partial charge on any atom is 0.257 e. The van der Waals surface area contributed by atoms with Gasteiger partial charge in [0.15, 0.2) is 0 Å². The lowest BCUT2D eigenvalue weighted by Crippen LogP contribution is -2.46. The van der Waals surface area contributed by atoms with Crippen LogP contribution in [0.1, 0.15) is 41.5 Å². The monoisotopic (exact) mass is 334 g/mol. The Morgan fingerprint density at radius 1 is 1.25 bits per heavy atom. The first-order valence-electron chi connectivity index (χ1n) is 9.23. The van der Waals surface area contributed by atoms with Crippen molar-refractivity contribution in [2.24, 2.45) is 5.92 Å². The van der Waals surface area contributed by atoms with E-state index in [9.17, 15) is 4.79 Å². The molecule has 0 radical (unpaired) electrons. The smallest absolute Gasteiger partial charge is 0.257 e. The van der Waals surface area contributed by atoms with Crippen LogP contribution in [0.5, 0.6) is 0 Å². The zero-order chi connectivity index (χ0) is 17.1. The molecule has 6 nitrogen and oxygen atoms in total. The van der Waals surface area contributed by atoms with Gasteiger partial charge >= 0.3 is 0 Å². The summed E-state index contributed by atoms with van der Waals surface area (Å²) in [6, 6.07) is 0. The lowest BCUT2D eigenvalue weighted by Gasteiger charge is -2.36. The van der Waals surface area contributed by atoms with Crippen LogP contribution in [0.4, 0.5) is 0 Å². The molecule has 24 heavy (non-hydrogen) atoms. The van der Waals surface area contributed by atoms with Gasteiger partial charge in [0, 0.05) is 45.0 Å². The summed E-state index contributed by atoms with van der Waals surface area (Å²) in [4.78, 5) is 17.6. The van der Waals surface area contributed by atoms with Gasteiger partial charge in [0.1, 0.15) is 0 Å². The molecule has 0 aromatic carbocycles. The molecule has 2 aliphatic heterocycles. The van der Waals surface area contributed by atoms with Crippen molar-refractivity contribution in [3.05, 3.63) is 17.0 Å². The Balaban J connectivity index is 1.65. The van der Waals surface area contributed by atoms with Crippen LogP contribution in [0, 0.1) is 19.8 Å². The van der Waals surface area contributed by atoms with Crippen molar-refractivity contribution in [1.82, 2.24) is 19.6 Å². The molecule has 1 aromatic rings. The van der Waals surface area contributed by atoms with Crippen molar-refractivity contribution >= 4 is 5.91 Å². The third kappa shape index (κ3) is 3.64. The van der Waals surface area contributed by atoms with Gasteiger partial charge in [-0.15, -0.1) is 0 Å². The van der Waals surface area contributed by atoms with Gasteiger partial charge < -0.3 is 9.64 Å². The number of ether oxygens (including phenoxy) is 1. The third-order valence-corrected chi connectivity index (χ3v) is 5.32. The highest BCUT2D eigenvalue weighted by Crippen LogP contribution is 2.22. The minimum atomic E-state index is 0.163. The first kappa shape index (κ1) is 17.4. The molecule has 1 unspecified atom stereocenters. The molecule has 3 heterocycles. The number of piperidine rings is 1. The molecule has 1 atom stereocenters. The van der Waals surface area contributed by atoms with Crippen molar-refractivity contribution in [3.63, 3.8) is 0 Å². The number of aromatic nitrogens is 2. The predicted octanol–water partition coefficient (Wildman–Crippen LogP) is 1.70. The molecule has 0 bridgehead atoms. The SMILES string of the molecule is CCn1nc(C)c(C(=O)N2CCCC(CN3CCOCC3)C2)c1C. The van der Waals surface area contributed by atoms with Gasteiger partial charge in [-0.2, -0.15) is 5.10 Å². The topological polar surface area (TPSA) is 50.6 Å². The van der Waals surface area contributed by atoms with Crippen molar-refractivity contribution in [1.29, 1.82) is 0 Å². The Labute approximate surface area is 144 Å². The maximum atomic E-state index is 13.0. The van der Waals surface area contributed by atoms with Gasteiger partial charge in [0.05, 0.1) is 24.5 Å². The number of hydrogen-bond donors (Lipinski definition) is 0. The van der Waals surface area contributed by atoms with Gasteiger partial charge in [-0.25, -0.2) is 0 Å². The fourth-order valence-electron chi connectivity index (χ4n) is 4.02. The largest absolute Gasteiger partial charge is 0.379 e. The van der Waals surface area contributed by atoms with Crippen LogP contribution in [0.2, 0.25) is 0 Å². The third-order valence-electron chi connectivity index (χ3n) is 5.32. The number of carbonyl (C=O) groups is 1. The summed E-state index contributed by atoms with van der Waals surface area (Å²) in [5.41, 5.74) is 2.66. The molecule has 2 saturated heterocycles. The summed E-state index contributed by atoms with van der Waals surface area (Å²) >= 11 is 0. The number of rotatable bonds is 4. The van der Waals surface area contributed by atoms with Crippen molar-refractivity contribution in [3.8, 4) is 0 Å². The molecule has 2 fully saturated rings. The average molecular weight is 334 g/mol. The number of aryl methyl sites for hydroxylation is 2. The molecule has 6 heteroatoms. The van der Waals surface area contributed by atoms with Gasteiger partial charge in [-0.05, 0) is 39.5 Å². The Kier molecular flexibility index (Phi) is 5.56. The predicted molar refractivity (Wildman–Crippen MR) is 93.3 cm³/mol. The maximum absolute atomic E-state index is 13.0. The molecule has 1 amide bonds. The number of morpholine rings is 1. The van der Waals surface area contributed by atoms with E-state index in [0.29, 0.717) is 5.92 Å². The molecular formula is C18H30N4O2. The molecule has 2 aliphatic rings. The number of amides is 1. The van der Waals surface area contributed by atoms with Crippen LogP contribution < -0.4 is 0 Å². The van der Waals surface area contributed by atoms with Gasteiger partial charge in [0.2, 0.25) is 0 Å². The van der Waals surface area contributed by atoms with Crippen molar-refractivity contribution in [2.45, 2.75) is 40.2 Å². The summed E-state index contributed by atoms with van der Waals surface area (Å²) in [5, 5.41) is 4.50. The first-order chi connectivity index (χ1) is 11.6. The molecule has 1 aromatic heterocycles. The second kappa shape index (κ2) is 7.66. The average Bonchev–Trinajstić information content (AvgIpc) is 2.89. The lowest BCUT2D eigenvalue weighted by atomic mass is 9.96. The highest BCUT2D eigenvalue weighted by atomic mass is 16.5. The van der Waals surface area contributed by atoms with Crippen LogP contribution in [0.15, 0.2) is 0 Å².